The molecule has 2 rings (SSSR count). The van der Waals surface area contributed by atoms with E-state index in [2.05, 4.69) is 24.7 Å². The van der Waals surface area contributed by atoms with Crippen molar-refractivity contribution in [3.63, 3.8) is 0 Å². The Morgan fingerprint density at radius 1 is 1.17 bits per heavy atom. The quantitative estimate of drug-likeness (QED) is 0.631. The average Bonchev–Trinajstić information content (AvgIpc) is 3.10. The van der Waals surface area contributed by atoms with E-state index in [0.29, 0.717) is 17.4 Å². The number of ether oxygens (including phenoxy) is 1. The van der Waals surface area contributed by atoms with Gasteiger partial charge in [-0.05, 0) is 41.8 Å². The van der Waals surface area contributed by atoms with Crippen LogP contribution < -0.4 is 15.6 Å². The molecule has 24 heavy (non-hydrogen) atoms. The van der Waals surface area contributed by atoms with E-state index in [4.69, 9.17) is 9.15 Å². The van der Waals surface area contributed by atoms with Crippen molar-refractivity contribution in [3.8, 4) is 5.75 Å². The van der Waals surface area contributed by atoms with Gasteiger partial charge in [-0.1, -0.05) is 26.0 Å². The Kier molecular flexibility index (Phi) is 6.19. The summed E-state index contributed by atoms with van der Waals surface area (Å²) < 4.78 is 10.4. The average molecular weight is 328 g/mol. The second kappa shape index (κ2) is 8.57. The topological polar surface area (TPSA) is 80.6 Å². The third kappa shape index (κ3) is 5.64. The van der Waals surface area contributed by atoms with Crippen LogP contribution in [0.2, 0.25) is 0 Å². The Morgan fingerprint density at radius 2 is 1.92 bits per heavy atom. The van der Waals surface area contributed by atoms with Gasteiger partial charge in [0.2, 0.25) is 0 Å². The first kappa shape index (κ1) is 17.3. The molecule has 0 saturated carbocycles. The molecular weight excluding hydrogens is 308 g/mol. The van der Waals surface area contributed by atoms with Crippen molar-refractivity contribution < 1.29 is 18.7 Å². The van der Waals surface area contributed by atoms with Gasteiger partial charge in [-0.3, -0.25) is 20.4 Å². The van der Waals surface area contributed by atoms with Crippen LogP contribution in [0.15, 0.2) is 53.2 Å². The summed E-state index contributed by atoms with van der Waals surface area (Å²) in [5.41, 5.74) is 5.72. The molecule has 0 aliphatic heterocycles. The molecule has 6 nitrogen and oxygen atoms in total. The Morgan fingerprint density at radius 3 is 2.54 bits per heavy atom. The van der Waals surface area contributed by atoms with E-state index in [9.17, 15) is 9.59 Å². The summed E-state index contributed by atoms with van der Waals surface area (Å²) in [5.74, 6) is 0.652. The fourth-order valence-electron chi connectivity index (χ4n) is 1.85. The van der Waals surface area contributed by atoms with Gasteiger partial charge in [0.25, 0.3) is 11.8 Å². The Balaban J connectivity index is 1.70. The van der Waals surface area contributed by atoms with Crippen molar-refractivity contribution in [1.82, 2.24) is 10.9 Å². The van der Waals surface area contributed by atoms with Crippen LogP contribution in [0.25, 0.3) is 6.08 Å². The van der Waals surface area contributed by atoms with Crippen LogP contribution in [-0.2, 0) is 9.59 Å². The summed E-state index contributed by atoms with van der Waals surface area (Å²) >= 11 is 0. The lowest BCUT2D eigenvalue weighted by atomic mass is 10.0. The van der Waals surface area contributed by atoms with Crippen molar-refractivity contribution in [2.45, 2.75) is 19.8 Å². The monoisotopic (exact) mass is 328 g/mol. The summed E-state index contributed by atoms with van der Waals surface area (Å²) in [5, 5.41) is 0. The minimum Gasteiger partial charge on any atom is -0.484 e. The van der Waals surface area contributed by atoms with Gasteiger partial charge in [-0.25, -0.2) is 0 Å². The number of rotatable bonds is 6. The molecule has 2 aromatic rings. The number of hydrazine groups is 1. The SMILES string of the molecule is CC(C)c1ccc(OCC(=O)NNC(=O)C=Cc2ccco2)cc1. The van der Waals surface area contributed by atoms with Crippen LogP contribution in [-0.4, -0.2) is 18.4 Å². The molecule has 1 aromatic heterocycles. The third-order valence-corrected chi connectivity index (χ3v) is 3.18. The Labute approximate surface area is 140 Å². The standard InChI is InChI=1S/C18H20N2O4/c1-13(2)14-5-7-16(8-6-14)24-12-18(22)20-19-17(21)10-9-15-4-3-11-23-15/h3-11,13H,12H2,1-2H3,(H,19,21)(H,20,22). The van der Waals surface area contributed by atoms with Gasteiger partial charge in [0.1, 0.15) is 11.5 Å². The van der Waals surface area contributed by atoms with Gasteiger partial charge in [-0.15, -0.1) is 0 Å². The molecule has 1 aromatic carbocycles. The van der Waals surface area contributed by atoms with Gasteiger partial charge in [0.05, 0.1) is 6.26 Å². The largest absolute Gasteiger partial charge is 0.484 e. The molecule has 2 amide bonds. The number of carbonyl (C=O) groups is 2. The van der Waals surface area contributed by atoms with Gasteiger partial charge < -0.3 is 9.15 Å². The van der Waals surface area contributed by atoms with Crippen LogP contribution in [0.1, 0.15) is 31.1 Å². The minimum atomic E-state index is -0.471. The maximum absolute atomic E-state index is 11.6. The lowest BCUT2D eigenvalue weighted by molar-refractivity contribution is -0.128. The molecule has 0 aliphatic carbocycles. The lowest BCUT2D eigenvalue weighted by Gasteiger charge is -2.09. The van der Waals surface area contributed by atoms with Crippen LogP contribution in [0, 0.1) is 0 Å². The number of hydrogen-bond donors (Lipinski definition) is 2. The van der Waals surface area contributed by atoms with E-state index in [0.717, 1.165) is 0 Å². The summed E-state index contributed by atoms with van der Waals surface area (Å²) in [6, 6.07) is 11.0. The van der Waals surface area contributed by atoms with Gasteiger partial charge in [0, 0.05) is 6.08 Å². The van der Waals surface area contributed by atoms with E-state index in [1.807, 2.05) is 24.3 Å². The molecule has 0 atom stereocenters. The van der Waals surface area contributed by atoms with Gasteiger partial charge in [0.15, 0.2) is 6.61 Å². The molecular formula is C18H20N2O4. The second-order valence-corrected chi connectivity index (χ2v) is 5.40. The predicted molar refractivity (Wildman–Crippen MR) is 90.1 cm³/mol. The van der Waals surface area contributed by atoms with Crippen LogP contribution in [0.3, 0.4) is 0 Å². The fraction of sp³-hybridized carbons (Fsp3) is 0.222. The summed E-state index contributed by atoms with van der Waals surface area (Å²) in [6.07, 6.45) is 4.25. The van der Waals surface area contributed by atoms with Crippen molar-refractivity contribution in [1.29, 1.82) is 0 Å². The molecule has 2 N–H and O–H groups in total. The zero-order chi connectivity index (χ0) is 17.4. The third-order valence-electron chi connectivity index (χ3n) is 3.18. The highest BCUT2D eigenvalue weighted by Crippen LogP contribution is 2.18. The maximum atomic E-state index is 11.6. The highest BCUT2D eigenvalue weighted by Gasteiger charge is 2.05. The smallest absolute Gasteiger partial charge is 0.276 e. The molecule has 6 heteroatoms. The van der Waals surface area contributed by atoms with E-state index < -0.39 is 11.8 Å². The first-order valence-electron chi connectivity index (χ1n) is 7.58. The van der Waals surface area contributed by atoms with Crippen molar-refractivity contribution in [2.75, 3.05) is 6.61 Å². The fourth-order valence-corrected chi connectivity index (χ4v) is 1.85. The summed E-state index contributed by atoms with van der Waals surface area (Å²) in [7, 11) is 0. The van der Waals surface area contributed by atoms with Crippen molar-refractivity contribution >= 4 is 17.9 Å². The van der Waals surface area contributed by atoms with E-state index in [-0.39, 0.29) is 6.61 Å². The van der Waals surface area contributed by atoms with Gasteiger partial charge in [-0.2, -0.15) is 0 Å². The maximum Gasteiger partial charge on any atom is 0.276 e. The molecule has 126 valence electrons. The molecule has 1 heterocycles. The number of carbonyl (C=O) groups excluding carboxylic acids is 2. The summed E-state index contributed by atoms with van der Waals surface area (Å²) in [6.45, 7) is 4.02. The second-order valence-electron chi connectivity index (χ2n) is 5.40. The number of amides is 2. The van der Waals surface area contributed by atoms with Crippen LogP contribution in [0.4, 0.5) is 0 Å². The molecule has 0 spiro atoms. The summed E-state index contributed by atoms with van der Waals surface area (Å²) in [4.78, 5) is 23.2. The van der Waals surface area contributed by atoms with E-state index >= 15 is 0 Å². The van der Waals surface area contributed by atoms with Crippen LogP contribution >= 0.6 is 0 Å². The number of benzene rings is 1. The zero-order valence-electron chi connectivity index (χ0n) is 13.6. The zero-order valence-corrected chi connectivity index (χ0v) is 13.6. The highest BCUT2D eigenvalue weighted by atomic mass is 16.5. The number of hydrogen-bond acceptors (Lipinski definition) is 4. The van der Waals surface area contributed by atoms with Gasteiger partial charge >= 0.3 is 0 Å². The molecule has 0 fully saturated rings. The first-order valence-corrected chi connectivity index (χ1v) is 7.58. The first-order chi connectivity index (χ1) is 11.5. The molecule has 0 aliphatic rings. The lowest BCUT2D eigenvalue weighted by Crippen LogP contribution is -2.43. The van der Waals surface area contributed by atoms with E-state index in [1.165, 1.54) is 24.0 Å². The molecule has 0 saturated heterocycles. The number of furan rings is 1. The minimum absolute atomic E-state index is 0.191. The number of nitrogens with one attached hydrogen (secondary N) is 2. The molecule has 0 bridgehead atoms. The van der Waals surface area contributed by atoms with Crippen molar-refractivity contribution in [2.24, 2.45) is 0 Å². The molecule has 0 unspecified atom stereocenters. The molecule has 0 radical (unpaired) electrons. The normalized spacial score (nSPS) is 10.8. The predicted octanol–water partition coefficient (Wildman–Crippen LogP) is 2.64. The van der Waals surface area contributed by atoms with Crippen LogP contribution in [0.5, 0.6) is 5.75 Å². The Bertz CT molecular complexity index is 688. The van der Waals surface area contributed by atoms with E-state index in [1.54, 1.807) is 12.1 Å². The highest BCUT2D eigenvalue weighted by molar-refractivity contribution is 5.92. The Hall–Kier alpha value is -3.02. The van der Waals surface area contributed by atoms with Crippen molar-refractivity contribution in [3.05, 3.63) is 60.1 Å².